The molecular formula is C20H20Cl2N2O3. The summed E-state index contributed by atoms with van der Waals surface area (Å²) < 4.78 is 5.41. The molecule has 1 amide bonds. The molecule has 0 fully saturated rings. The number of ether oxygens (including phenoxy) is 1. The van der Waals surface area contributed by atoms with E-state index in [1.807, 2.05) is 12.1 Å². The first kappa shape index (κ1) is 20.8. The first-order valence-electron chi connectivity index (χ1n) is 8.26. The van der Waals surface area contributed by atoms with Crippen LogP contribution in [0.4, 0.5) is 4.79 Å². The van der Waals surface area contributed by atoms with Crippen molar-refractivity contribution >= 4 is 41.3 Å². The highest BCUT2D eigenvalue weighted by Crippen LogP contribution is 2.26. The van der Waals surface area contributed by atoms with E-state index in [2.05, 4.69) is 10.5 Å². The first-order valence-corrected chi connectivity index (χ1v) is 9.01. The summed E-state index contributed by atoms with van der Waals surface area (Å²) in [6.45, 7) is 5.15. The quantitative estimate of drug-likeness (QED) is 0.353. The molecular weight excluding hydrogens is 387 g/mol. The molecule has 27 heavy (non-hydrogen) atoms. The molecule has 142 valence electrons. The number of nitrogens with zero attached hydrogens (tertiary/aromatic N) is 1. The van der Waals surface area contributed by atoms with Crippen molar-refractivity contribution in [3.63, 3.8) is 0 Å². The third kappa shape index (κ3) is 6.01. The number of hydrogen-bond donors (Lipinski definition) is 1. The van der Waals surface area contributed by atoms with Gasteiger partial charge in [0.2, 0.25) is 0 Å². The molecule has 2 aromatic rings. The van der Waals surface area contributed by atoms with Crippen molar-refractivity contribution in [1.82, 2.24) is 5.32 Å². The summed E-state index contributed by atoms with van der Waals surface area (Å²) in [5, 5.41) is 7.52. The lowest BCUT2D eigenvalue weighted by atomic mass is 10.1. The van der Waals surface area contributed by atoms with Gasteiger partial charge in [-0.1, -0.05) is 58.7 Å². The van der Waals surface area contributed by atoms with Gasteiger partial charge in [0.1, 0.15) is 6.10 Å². The largest absolute Gasteiger partial charge is 0.441 e. The summed E-state index contributed by atoms with van der Waals surface area (Å²) in [6.07, 6.45) is 0.342. The average molecular weight is 407 g/mol. The molecule has 2 aromatic carbocycles. The Morgan fingerprint density at radius 1 is 1.19 bits per heavy atom. The minimum atomic E-state index is -0.636. The molecule has 1 unspecified atom stereocenters. The van der Waals surface area contributed by atoms with Gasteiger partial charge in [-0.25, -0.2) is 4.79 Å². The highest BCUT2D eigenvalue weighted by Gasteiger charge is 2.17. The van der Waals surface area contributed by atoms with Gasteiger partial charge in [-0.05, 0) is 39.0 Å². The van der Waals surface area contributed by atoms with Crippen molar-refractivity contribution in [2.45, 2.75) is 26.9 Å². The highest BCUT2D eigenvalue weighted by molar-refractivity contribution is 6.31. The molecule has 1 N–H and O–H groups in total. The molecule has 5 nitrogen and oxygen atoms in total. The van der Waals surface area contributed by atoms with E-state index in [1.54, 1.807) is 57.2 Å². The third-order valence-electron chi connectivity index (χ3n) is 3.59. The molecule has 0 radical (unpaired) electrons. The maximum Gasteiger partial charge on any atom is 0.412 e. The summed E-state index contributed by atoms with van der Waals surface area (Å²) in [5.74, 6) is 0.359. The molecule has 0 saturated heterocycles. The van der Waals surface area contributed by atoms with Gasteiger partial charge in [-0.3, -0.25) is 5.32 Å². The first-order chi connectivity index (χ1) is 12.9. The minimum Gasteiger partial charge on any atom is -0.441 e. The van der Waals surface area contributed by atoms with Crippen molar-refractivity contribution in [2.75, 3.05) is 0 Å². The van der Waals surface area contributed by atoms with Crippen LogP contribution in [0.15, 0.2) is 59.4 Å². The second-order valence-corrected chi connectivity index (χ2v) is 6.46. The molecule has 0 bridgehead atoms. The van der Waals surface area contributed by atoms with Gasteiger partial charge in [0.15, 0.2) is 5.76 Å². The summed E-state index contributed by atoms with van der Waals surface area (Å²) >= 11 is 12.2. The van der Waals surface area contributed by atoms with Crippen LogP contribution in [0.5, 0.6) is 0 Å². The van der Waals surface area contributed by atoms with Crippen LogP contribution in [0.25, 0.3) is 5.76 Å². The van der Waals surface area contributed by atoms with Crippen LogP contribution < -0.4 is 5.32 Å². The van der Waals surface area contributed by atoms with Gasteiger partial charge in [0.05, 0.1) is 5.70 Å². The molecule has 0 aromatic heterocycles. The molecule has 1 atom stereocenters. The van der Waals surface area contributed by atoms with Gasteiger partial charge < -0.3 is 9.57 Å². The summed E-state index contributed by atoms with van der Waals surface area (Å²) in [6, 6.07) is 14.2. The monoisotopic (exact) mass is 406 g/mol. The zero-order chi connectivity index (χ0) is 19.8. The molecule has 0 saturated carbocycles. The van der Waals surface area contributed by atoms with Gasteiger partial charge in [-0.15, -0.1) is 0 Å². The Bertz CT molecular complexity index is 866. The van der Waals surface area contributed by atoms with Crippen LogP contribution in [0.3, 0.4) is 0 Å². The van der Waals surface area contributed by atoms with Gasteiger partial charge in [0.25, 0.3) is 0 Å². The second-order valence-electron chi connectivity index (χ2n) is 5.61. The fraction of sp³-hybridized carbons (Fsp3) is 0.200. The number of nitrogens with one attached hydrogen (secondary N) is 1. The zero-order valence-electron chi connectivity index (χ0n) is 15.2. The number of oxime groups is 1. The van der Waals surface area contributed by atoms with E-state index in [9.17, 15) is 4.79 Å². The van der Waals surface area contributed by atoms with Crippen molar-refractivity contribution in [3.05, 3.63) is 75.4 Å². The van der Waals surface area contributed by atoms with Crippen LogP contribution >= 0.6 is 23.2 Å². The van der Waals surface area contributed by atoms with Gasteiger partial charge >= 0.3 is 6.09 Å². The Hall–Kier alpha value is -2.50. The summed E-state index contributed by atoms with van der Waals surface area (Å²) in [4.78, 5) is 17.7. The van der Waals surface area contributed by atoms with Gasteiger partial charge in [0, 0.05) is 27.4 Å². The number of carbonyl (C=O) groups excluding carboxylic acids is 1. The fourth-order valence-electron chi connectivity index (χ4n) is 2.34. The number of allylic oxidation sites excluding steroid dienone is 1. The van der Waals surface area contributed by atoms with Crippen molar-refractivity contribution < 1.29 is 14.4 Å². The lowest BCUT2D eigenvalue weighted by Gasteiger charge is -2.16. The molecule has 2 rings (SSSR count). The predicted molar refractivity (Wildman–Crippen MR) is 109 cm³/mol. The van der Waals surface area contributed by atoms with E-state index in [0.29, 0.717) is 27.1 Å². The lowest BCUT2D eigenvalue weighted by Crippen LogP contribution is -2.25. The number of benzene rings is 2. The smallest absolute Gasteiger partial charge is 0.412 e. The van der Waals surface area contributed by atoms with E-state index in [4.69, 9.17) is 32.8 Å². The number of carbonyl (C=O) groups is 1. The lowest BCUT2D eigenvalue weighted by molar-refractivity contribution is 0.109. The molecule has 0 spiro atoms. The molecule has 0 heterocycles. The van der Waals surface area contributed by atoms with Crippen LogP contribution in [0, 0.1) is 0 Å². The fourth-order valence-corrected chi connectivity index (χ4v) is 2.82. The van der Waals surface area contributed by atoms with Gasteiger partial charge in [-0.2, -0.15) is 0 Å². The van der Waals surface area contributed by atoms with Crippen LogP contribution in [-0.4, -0.2) is 12.3 Å². The Morgan fingerprint density at radius 3 is 2.59 bits per heavy atom. The Kier molecular flexibility index (Phi) is 7.70. The van der Waals surface area contributed by atoms with E-state index < -0.39 is 12.2 Å². The number of hydrogen-bond acceptors (Lipinski definition) is 4. The van der Waals surface area contributed by atoms with Crippen LogP contribution in [0.2, 0.25) is 10.0 Å². The Morgan fingerprint density at radius 2 is 1.93 bits per heavy atom. The Balaban J connectivity index is 2.18. The molecule has 0 aliphatic heterocycles. The molecule has 0 aliphatic carbocycles. The number of alkyl carbamates (subject to hydrolysis) is 1. The predicted octanol–water partition coefficient (Wildman–Crippen LogP) is 6.19. The highest BCUT2D eigenvalue weighted by atomic mass is 35.5. The van der Waals surface area contributed by atoms with Crippen molar-refractivity contribution in [3.8, 4) is 0 Å². The normalized spacial score (nSPS) is 13.1. The standard InChI is InChI=1S/C20H20Cl2N2O3/c1-4-23-27-19(15-8-7-9-16(21)12-15)13(2)24-20(25)26-14(3)17-10-5-6-11-18(17)22/h4-12,14H,1-3H3,(H,24,25)/b19-13+,23-4+. The maximum absolute atomic E-state index is 12.3. The number of amides is 1. The van der Waals surface area contributed by atoms with Crippen LogP contribution in [-0.2, 0) is 9.57 Å². The SMILES string of the molecule is C/C=N/O/C(=C(\C)NC(=O)OC(C)c1ccccc1Cl)c1cccc(Cl)c1. The zero-order valence-corrected chi connectivity index (χ0v) is 16.7. The number of halogens is 2. The third-order valence-corrected chi connectivity index (χ3v) is 4.17. The van der Waals surface area contributed by atoms with E-state index >= 15 is 0 Å². The summed E-state index contributed by atoms with van der Waals surface area (Å²) in [5.41, 5.74) is 1.82. The maximum atomic E-state index is 12.3. The van der Waals surface area contributed by atoms with E-state index in [0.717, 1.165) is 5.56 Å². The molecule has 0 aliphatic rings. The average Bonchev–Trinajstić information content (AvgIpc) is 2.62. The Labute approximate surface area is 168 Å². The van der Waals surface area contributed by atoms with E-state index in [1.165, 1.54) is 6.21 Å². The topological polar surface area (TPSA) is 59.9 Å². The summed E-state index contributed by atoms with van der Waals surface area (Å²) in [7, 11) is 0. The van der Waals surface area contributed by atoms with E-state index in [-0.39, 0.29) is 0 Å². The van der Waals surface area contributed by atoms with Crippen molar-refractivity contribution in [1.29, 1.82) is 0 Å². The molecule has 7 heteroatoms. The van der Waals surface area contributed by atoms with Crippen molar-refractivity contribution in [2.24, 2.45) is 5.16 Å². The number of rotatable bonds is 6. The minimum absolute atomic E-state index is 0.359. The second kappa shape index (κ2) is 10.00. The van der Waals surface area contributed by atoms with Crippen LogP contribution in [0.1, 0.15) is 38.0 Å².